The van der Waals surface area contributed by atoms with Crippen LogP contribution in [-0.4, -0.2) is 50.0 Å². The Balaban J connectivity index is 1.88. The lowest BCUT2D eigenvalue weighted by Crippen LogP contribution is -2.54. The maximum Gasteiger partial charge on any atom is 0.315 e. The molecule has 2 rings (SSSR count). The SMILES string of the molecule is CC[C@@H](C)[C@H](NC(=O)N[C@H]1CCS(=O)(=O)C1)C(=O)NC1CC1. The van der Waals surface area contributed by atoms with Crippen LogP contribution in [0.1, 0.15) is 39.5 Å². The Hall–Kier alpha value is -1.31. The van der Waals surface area contributed by atoms with Gasteiger partial charge in [-0.15, -0.1) is 0 Å². The monoisotopic (exact) mass is 331 g/mol. The van der Waals surface area contributed by atoms with E-state index in [1.54, 1.807) is 0 Å². The molecule has 3 atom stereocenters. The fourth-order valence-corrected chi connectivity index (χ4v) is 4.17. The summed E-state index contributed by atoms with van der Waals surface area (Å²) in [6, 6.07) is -1.19. The van der Waals surface area contributed by atoms with Crippen molar-refractivity contribution in [1.29, 1.82) is 0 Å². The number of carbonyl (C=O) groups is 2. The summed E-state index contributed by atoms with van der Waals surface area (Å²) < 4.78 is 22.8. The number of amides is 3. The van der Waals surface area contributed by atoms with Crippen molar-refractivity contribution in [1.82, 2.24) is 16.0 Å². The van der Waals surface area contributed by atoms with E-state index in [9.17, 15) is 18.0 Å². The molecule has 0 aromatic rings. The molecule has 8 heteroatoms. The lowest BCUT2D eigenvalue weighted by molar-refractivity contribution is -0.124. The number of urea groups is 1. The third-order valence-electron chi connectivity index (χ3n) is 4.27. The number of hydrogen-bond acceptors (Lipinski definition) is 4. The summed E-state index contributed by atoms with van der Waals surface area (Å²) >= 11 is 0. The van der Waals surface area contributed by atoms with Crippen LogP contribution in [0, 0.1) is 5.92 Å². The molecule has 0 radical (unpaired) electrons. The minimum Gasteiger partial charge on any atom is -0.352 e. The van der Waals surface area contributed by atoms with Gasteiger partial charge in [-0.05, 0) is 25.2 Å². The summed E-state index contributed by atoms with van der Waals surface area (Å²) in [7, 11) is -3.04. The first-order chi connectivity index (χ1) is 10.3. The fraction of sp³-hybridized carbons (Fsp3) is 0.857. The molecular formula is C14H25N3O4S. The average molecular weight is 331 g/mol. The molecular weight excluding hydrogens is 306 g/mol. The molecule has 126 valence electrons. The molecule has 0 aromatic heterocycles. The van der Waals surface area contributed by atoms with Crippen molar-refractivity contribution >= 4 is 21.8 Å². The molecule has 2 aliphatic rings. The van der Waals surface area contributed by atoms with E-state index in [0.29, 0.717) is 6.42 Å². The van der Waals surface area contributed by atoms with Crippen LogP contribution < -0.4 is 16.0 Å². The molecule has 0 unspecified atom stereocenters. The summed E-state index contributed by atoms with van der Waals surface area (Å²) in [6.45, 7) is 3.88. The summed E-state index contributed by atoms with van der Waals surface area (Å²) in [5, 5.41) is 8.26. The van der Waals surface area contributed by atoms with Gasteiger partial charge in [0.1, 0.15) is 6.04 Å². The standard InChI is InChI=1S/C14H25N3O4S/c1-3-9(2)12(13(18)15-10-4-5-10)17-14(19)16-11-6-7-22(20,21)8-11/h9-12H,3-8H2,1-2H3,(H,15,18)(H2,16,17,19)/t9-,11+,12+/m1/s1. The van der Waals surface area contributed by atoms with Crippen LogP contribution in [0.15, 0.2) is 0 Å². The summed E-state index contributed by atoms with van der Waals surface area (Å²) in [6.07, 6.45) is 3.18. The molecule has 1 aliphatic heterocycles. The van der Waals surface area contributed by atoms with E-state index >= 15 is 0 Å². The summed E-state index contributed by atoms with van der Waals surface area (Å²) in [4.78, 5) is 24.3. The second-order valence-electron chi connectivity index (χ2n) is 6.36. The number of nitrogens with one attached hydrogen (secondary N) is 3. The zero-order valence-electron chi connectivity index (χ0n) is 13.1. The molecule has 1 saturated heterocycles. The van der Waals surface area contributed by atoms with Gasteiger partial charge in [0.05, 0.1) is 11.5 Å². The Morgan fingerprint density at radius 1 is 1.14 bits per heavy atom. The van der Waals surface area contributed by atoms with Crippen molar-refractivity contribution in [2.75, 3.05) is 11.5 Å². The number of hydrogen-bond donors (Lipinski definition) is 3. The molecule has 3 amide bonds. The summed E-state index contributed by atoms with van der Waals surface area (Å²) in [5.74, 6) is -0.0692. The molecule has 1 saturated carbocycles. The molecule has 0 spiro atoms. The average Bonchev–Trinajstić information content (AvgIpc) is 3.18. The lowest BCUT2D eigenvalue weighted by atomic mass is 9.98. The minimum absolute atomic E-state index is 0.0109. The fourth-order valence-electron chi connectivity index (χ4n) is 2.50. The van der Waals surface area contributed by atoms with Gasteiger partial charge in [0.2, 0.25) is 5.91 Å². The smallest absolute Gasteiger partial charge is 0.315 e. The van der Waals surface area contributed by atoms with Gasteiger partial charge in [-0.3, -0.25) is 4.79 Å². The van der Waals surface area contributed by atoms with E-state index < -0.39 is 21.9 Å². The zero-order valence-corrected chi connectivity index (χ0v) is 13.9. The highest BCUT2D eigenvalue weighted by molar-refractivity contribution is 7.91. The van der Waals surface area contributed by atoms with Crippen LogP contribution in [0.2, 0.25) is 0 Å². The largest absolute Gasteiger partial charge is 0.352 e. The van der Waals surface area contributed by atoms with Crippen LogP contribution >= 0.6 is 0 Å². The highest BCUT2D eigenvalue weighted by atomic mass is 32.2. The van der Waals surface area contributed by atoms with Gasteiger partial charge in [-0.1, -0.05) is 20.3 Å². The Bertz CT molecular complexity index is 530. The Morgan fingerprint density at radius 2 is 1.82 bits per heavy atom. The first kappa shape index (κ1) is 17.1. The quantitative estimate of drug-likeness (QED) is 0.645. The van der Waals surface area contributed by atoms with E-state index in [-0.39, 0.29) is 35.4 Å². The maximum absolute atomic E-state index is 12.2. The third-order valence-corrected chi connectivity index (χ3v) is 6.04. The van der Waals surface area contributed by atoms with Crippen molar-refractivity contribution in [2.45, 2.75) is 57.7 Å². The van der Waals surface area contributed by atoms with Gasteiger partial charge in [0.25, 0.3) is 0 Å². The van der Waals surface area contributed by atoms with Crippen molar-refractivity contribution in [2.24, 2.45) is 5.92 Å². The van der Waals surface area contributed by atoms with Crippen molar-refractivity contribution in [3.63, 3.8) is 0 Å². The first-order valence-corrected chi connectivity index (χ1v) is 9.70. The molecule has 0 bridgehead atoms. The van der Waals surface area contributed by atoms with E-state index in [4.69, 9.17) is 0 Å². The summed E-state index contributed by atoms with van der Waals surface area (Å²) in [5.41, 5.74) is 0. The zero-order chi connectivity index (χ0) is 16.3. The molecule has 22 heavy (non-hydrogen) atoms. The maximum atomic E-state index is 12.2. The van der Waals surface area contributed by atoms with Crippen LogP contribution in [0.4, 0.5) is 4.79 Å². The topological polar surface area (TPSA) is 104 Å². The van der Waals surface area contributed by atoms with E-state index in [2.05, 4.69) is 16.0 Å². The molecule has 7 nitrogen and oxygen atoms in total. The molecule has 0 aromatic carbocycles. The Morgan fingerprint density at radius 3 is 2.32 bits per heavy atom. The third kappa shape index (κ3) is 4.86. The van der Waals surface area contributed by atoms with Gasteiger partial charge >= 0.3 is 6.03 Å². The molecule has 3 N–H and O–H groups in total. The minimum atomic E-state index is -3.04. The molecule has 2 fully saturated rings. The Kier molecular flexibility index (Phi) is 5.31. The van der Waals surface area contributed by atoms with Gasteiger partial charge in [-0.2, -0.15) is 0 Å². The number of carbonyl (C=O) groups excluding carboxylic acids is 2. The van der Waals surface area contributed by atoms with Crippen molar-refractivity contribution < 1.29 is 18.0 Å². The highest BCUT2D eigenvalue weighted by Crippen LogP contribution is 2.19. The lowest BCUT2D eigenvalue weighted by Gasteiger charge is -2.24. The van der Waals surface area contributed by atoms with Gasteiger partial charge < -0.3 is 16.0 Å². The van der Waals surface area contributed by atoms with E-state index in [1.165, 1.54) is 0 Å². The second-order valence-corrected chi connectivity index (χ2v) is 8.59. The van der Waals surface area contributed by atoms with Crippen molar-refractivity contribution in [3.8, 4) is 0 Å². The van der Waals surface area contributed by atoms with Crippen LogP contribution in [0.5, 0.6) is 0 Å². The number of sulfone groups is 1. The second kappa shape index (κ2) is 6.85. The predicted molar refractivity (Wildman–Crippen MR) is 83.1 cm³/mol. The van der Waals surface area contributed by atoms with Crippen LogP contribution in [0.25, 0.3) is 0 Å². The van der Waals surface area contributed by atoms with Crippen LogP contribution in [0.3, 0.4) is 0 Å². The molecule has 1 heterocycles. The predicted octanol–water partition coefficient (Wildman–Crippen LogP) is 0.166. The first-order valence-electron chi connectivity index (χ1n) is 7.88. The molecule has 1 aliphatic carbocycles. The van der Waals surface area contributed by atoms with E-state index in [1.807, 2.05) is 13.8 Å². The van der Waals surface area contributed by atoms with E-state index in [0.717, 1.165) is 19.3 Å². The highest BCUT2D eigenvalue weighted by Gasteiger charge is 2.33. The Labute approximate surface area is 131 Å². The van der Waals surface area contributed by atoms with Gasteiger partial charge in [0, 0.05) is 12.1 Å². The van der Waals surface area contributed by atoms with Crippen molar-refractivity contribution in [3.05, 3.63) is 0 Å². The van der Waals surface area contributed by atoms with Crippen LogP contribution in [-0.2, 0) is 14.6 Å². The van der Waals surface area contributed by atoms with Gasteiger partial charge in [0.15, 0.2) is 9.84 Å². The normalized spacial score (nSPS) is 26.0. The number of rotatable bonds is 6. The van der Waals surface area contributed by atoms with Gasteiger partial charge in [-0.25, -0.2) is 13.2 Å².